The number of nitrogens with zero attached hydrogens (tertiary/aromatic N) is 4. The van der Waals surface area contributed by atoms with Crippen LogP contribution in [0.15, 0.2) is 53.8 Å². The van der Waals surface area contributed by atoms with Gasteiger partial charge in [-0.1, -0.05) is 35.3 Å². The summed E-state index contributed by atoms with van der Waals surface area (Å²) in [5.74, 6) is 2.35. The molecule has 1 aliphatic rings. The van der Waals surface area contributed by atoms with Crippen LogP contribution in [-0.2, 0) is 0 Å². The van der Waals surface area contributed by atoms with Gasteiger partial charge >= 0.3 is 0 Å². The zero-order valence-corrected chi connectivity index (χ0v) is 17.7. The highest BCUT2D eigenvalue weighted by Gasteiger charge is 2.25. The van der Waals surface area contributed by atoms with Crippen molar-refractivity contribution in [3.05, 3.63) is 64.3 Å². The smallest absolute Gasteiger partial charge is 0.247 e. The molecule has 0 aliphatic carbocycles. The number of hydrogen-bond donors (Lipinski definition) is 1. The summed E-state index contributed by atoms with van der Waals surface area (Å²) in [6.07, 6.45) is 3.43. The average molecular weight is 448 g/mol. The van der Waals surface area contributed by atoms with Gasteiger partial charge in [-0.05, 0) is 24.3 Å². The number of halogens is 2. The first-order valence-electron chi connectivity index (χ1n) is 8.44. The summed E-state index contributed by atoms with van der Waals surface area (Å²) in [6.45, 7) is 0. The van der Waals surface area contributed by atoms with Gasteiger partial charge in [0.1, 0.15) is 5.75 Å². The van der Waals surface area contributed by atoms with Gasteiger partial charge in [0.15, 0.2) is 11.6 Å². The molecular weight excluding hydrogens is 433 g/mol. The Labute approximate surface area is 181 Å². The van der Waals surface area contributed by atoms with E-state index in [1.807, 2.05) is 30.5 Å². The van der Waals surface area contributed by atoms with Crippen molar-refractivity contribution >= 4 is 58.6 Å². The molecule has 4 rings (SSSR count). The highest BCUT2D eigenvalue weighted by atomic mass is 35.5. The van der Waals surface area contributed by atoms with E-state index >= 15 is 0 Å². The molecule has 29 heavy (non-hydrogen) atoms. The van der Waals surface area contributed by atoms with Crippen LogP contribution in [0.2, 0.25) is 10.0 Å². The van der Waals surface area contributed by atoms with Crippen LogP contribution in [0, 0.1) is 0 Å². The number of hydrazone groups is 1. The summed E-state index contributed by atoms with van der Waals surface area (Å²) in [7, 11) is 1.76. The fourth-order valence-electron chi connectivity index (χ4n) is 2.69. The fraction of sp³-hybridized carbons (Fsp3) is 0.105. The molecule has 0 fully saturated rings. The third kappa shape index (κ3) is 4.19. The molecule has 2 heterocycles. The van der Waals surface area contributed by atoms with Gasteiger partial charge in [0.05, 0.1) is 33.8 Å². The quantitative estimate of drug-likeness (QED) is 0.526. The van der Waals surface area contributed by atoms with Gasteiger partial charge in [-0.2, -0.15) is 4.98 Å². The average Bonchev–Trinajstić information content (AvgIpc) is 2.69. The number of benzene rings is 2. The summed E-state index contributed by atoms with van der Waals surface area (Å²) in [5.41, 5.74) is 1.31. The minimum Gasteiger partial charge on any atom is -0.431 e. The van der Waals surface area contributed by atoms with Crippen molar-refractivity contribution < 1.29 is 8.92 Å². The maximum absolute atomic E-state index is 6.27. The molecule has 0 saturated heterocycles. The van der Waals surface area contributed by atoms with E-state index in [1.54, 1.807) is 36.5 Å². The Morgan fingerprint density at radius 1 is 1.14 bits per heavy atom. The van der Waals surface area contributed by atoms with Crippen LogP contribution >= 0.6 is 35.2 Å². The first kappa shape index (κ1) is 19.6. The van der Waals surface area contributed by atoms with Crippen LogP contribution in [-0.4, -0.2) is 29.2 Å². The molecule has 0 unspecified atom stereocenters. The first-order valence-corrected chi connectivity index (χ1v) is 10.3. The van der Waals surface area contributed by atoms with Gasteiger partial charge in [-0.25, -0.2) is 9.99 Å². The maximum Gasteiger partial charge on any atom is 0.247 e. The lowest BCUT2D eigenvalue weighted by Gasteiger charge is -2.24. The van der Waals surface area contributed by atoms with Gasteiger partial charge < -0.3 is 14.2 Å². The number of hydrogen-bond acceptors (Lipinski definition) is 8. The lowest BCUT2D eigenvalue weighted by Crippen LogP contribution is -2.26. The molecule has 0 radical (unpaired) electrons. The van der Waals surface area contributed by atoms with Crippen molar-refractivity contribution in [1.82, 2.24) is 9.97 Å². The molecule has 0 amide bonds. The molecule has 0 spiro atoms. The maximum atomic E-state index is 6.27. The van der Waals surface area contributed by atoms with E-state index in [0.29, 0.717) is 33.1 Å². The monoisotopic (exact) mass is 447 g/mol. The van der Waals surface area contributed by atoms with Gasteiger partial charge in [0.2, 0.25) is 11.8 Å². The van der Waals surface area contributed by atoms with Crippen molar-refractivity contribution in [3.63, 3.8) is 0 Å². The van der Waals surface area contributed by atoms with Crippen LogP contribution < -0.4 is 19.2 Å². The summed E-state index contributed by atoms with van der Waals surface area (Å²) in [5, 5.41) is 10.0. The molecule has 1 aromatic heterocycles. The second-order valence-electron chi connectivity index (χ2n) is 5.91. The number of nitrogens with one attached hydrogen (secondary N) is 1. The summed E-state index contributed by atoms with van der Waals surface area (Å²) < 4.78 is 11.3. The molecule has 1 N–H and O–H groups in total. The molecule has 10 heteroatoms. The van der Waals surface area contributed by atoms with Crippen molar-refractivity contribution in [3.8, 4) is 11.5 Å². The van der Waals surface area contributed by atoms with Crippen molar-refractivity contribution in [2.75, 3.05) is 23.6 Å². The van der Waals surface area contributed by atoms with Gasteiger partial charge in [-0.15, -0.1) is 5.10 Å². The van der Waals surface area contributed by atoms with E-state index in [2.05, 4.69) is 20.4 Å². The zero-order chi connectivity index (χ0) is 20.4. The minimum atomic E-state index is 0.279. The minimum absolute atomic E-state index is 0.279. The molecule has 2 aromatic carbocycles. The van der Waals surface area contributed by atoms with E-state index in [9.17, 15) is 0 Å². The van der Waals surface area contributed by atoms with Crippen LogP contribution in [0.25, 0.3) is 0 Å². The molecule has 0 atom stereocenters. The first-order chi connectivity index (χ1) is 14.0. The van der Waals surface area contributed by atoms with E-state index in [0.717, 1.165) is 11.4 Å². The highest BCUT2D eigenvalue weighted by molar-refractivity contribution is 7.94. The fourth-order valence-corrected chi connectivity index (χ4v) is 3.54. The van der Waals surface area contributed by atoms with Crippen molar-refractivity contribution in [2.24, 2.45) is 5.10 Å². The topological polar surface area (TPSA) is 71.9 Å². The van der Waals surface area contributed by atoms with E-state index < -0.39 is 0 Å². The number of fused-ring (bicyclic) bond motifs is 1. The largest absolute Gasteiger partial charge is 0.431 e. The van der Waals surface area contributed by atoms with E-state index in [-0.39, 0.29) is 5.90 Å². The van der Waals surface area contributed by atoms with Crippen molar-refractivity contribution in [1.29, 1.82) is 0 Å². The predicted molar refractivity (Wildman–Crippen MR) is 118 cm³/mol. The SMILES string of the molecule is CSOc1cccc(Nc2ncc3c(n2)N(C)N=C(c2c(Cl)cccc2Cl)O3)c1. The highest BCUT2D eigenvalue weighted by Crippen LogP contribution is 2.34. The number of aromatic nitrogens is 2. The molecular formula is C19H15Cl2N5O2S. The third-order valence-electron chi connectivity index (χ3n) is 3.94. The Morgan fingerprint density at radius 2 is 1.90 bits per heavy atom. The second-order valence-corrected chi connectivity index (χ2v) is 7.23. The molecule has 3 aromatic rings. The number of anilines is 3. The van der Waals surface area contributed by atoms with E-state index in [1.165, 1.54) is 12.0 Å². The Kier molecular flexibility index (Phi) is 5.66. The zero-order valence-electron chi connectivity index (χ0n) is 15.4. The molecule has 7 nitrogen and oxygen atoms in total. The lowest BCUT2D eigenvalue weighted by atomic mass is 10.2. The van der Waals surface area contributed by atoms with Gasteiger partial charge in [-0.3, -0.25) is 0 Å². The summed E-state index contributed by atoms with van der Waals surface area (Å²) in [4.78, 5) is 8.83. The number of rotatable bonds is 5. The number of ether oxygens (including phenoxy) is 1. The van der Waals surface area contributed by atoms with Crippen LogP contribution in [0.3, 0.4) is 0 Å². The Balaban J connectivity index is 1.60. The lowest BCUT2D eigenvalue weighted by molar-refractivity contribution is 0.525. The van der Waals surface area contributed by atoms with Gasteiger partial charge in [0, 0.05) is 25.1 Å². The van der Waals surface area contributed by atoms with E-state index in [4.69, 9.17) is 32.1 Å². The van der Waals surface area contributed by atoms with Gasteiger partial charge in [0.25, 0.3) is 0 Å². The standard InChI is InChI=1S/C19H15Cl2N5O2S/c1-26-17-15(27-18(25-26)16-13(20)7-4-8-14(16)21)10-22-19(24-17)23-11-5-3-6-12(9-11)28-29-2/h3-10H,1-2H3,(H,22,23,24). The predicted octanol–water partition coefficient (Wildman–Crippen LogP) is 5.37. The molecule has 0 saturated carbocycles. The van der Waals surface area contributed by atoms with Crippen LogP contribution in [0.5, 0.6) is 11.5 Å². The molecule has 1 aliphatic heterocycles. The molecule has 0 bridgehead atoms. The Morgan fingerprint density at radius 3 is 2.66 bits per heavy atom. The Bertz CT molecular complexity index is 1080. The Hall–Kier alpha value is -2.68. The third-order valence-corrected chi connectivity index (χ3v) is 4.93. The normalized spacial score (nSPS) is 12.7. The van der Waals surface area contributed by atoms with Crippen LogP contribution in [0.1, 0.15) is 5.56 Å². The van der Waals surface area contributed by atoms with Crippen molar-refractivity contribution in [2.45, 2.75) is 0 Å². The second kappa shape index (κ2) is 8.36. The molecule has 148 valence electrons. The summed E-state index contributed by atoms with van der Waals surface area (Å²) >= 11 is 13.8. The summed E-state index contributed by atoms with van der Waals surface area (Å²) in [6, 6.07) is 12.7. The van der Waals surface area contributed by atoms with Crippen LogP contribution in [0.4, 0.5) is 17.5 Å².